The Morgan fingerprint density at radius 1 is 1.13 bits per heavy atom. The maximum Gasteiger partial charge on any atom is 0.408 e. The molecule has 0 bridgehead atoms. The minimum atomic E-state index is -0.972. The van der Waals surface area contributed by atoms with Gasteiger partial charge >= 0.3 is 6.09 Å². The largest absolute Gasteiger partial charge is 0.497 e. The Hall–Kier alpha value is -3.46. The highest BCUT2D eigenvalue weighted by molar-refractivity contribution is 7.98. The van der Waals surface area contributed by atoms with Crippen LogP contribution in [0.3, 0.4) is 0 Å². The first-order valence-electron chi connectivity index (χ1n) is 12.4. The summed E-state index contributed by atoms with van der Waals surface area (Å²) in [7, 11) is 1.57. The lowest BCUT2D eigenvalue weighted by Crippen LogP contribution is -2.52. The number of aryl methyl sites for hydroxylation is 1. The molecule has 2 aromatic rings. The standard InChI is InChI=1S/C29H39N3O5S/c1-8-17-32(27(34)24(16-18-38-7)31-28(35)37-29(3,4)5)25(21-11-9-10-20(2)19-21)26(33)30-22-12-14-23(36-6)15-13-22/h8-15,19,24-25H,1,16-18H2,2-7H3,(H,30,33)(H,31,35). The van der Waals surface area contributed by atoms with Crippen LogP contribution in [0.15, 0.2) is 61.2 Å². The van der Waals surface area contributed by atoms with Crippen LogP contribution in [0.25, 0.3) is 0 Å². The van der Waals surface area contributed by atoms with Gasteiger partial charge in [0.1, 0.15) is 23.4 Å². The number of alkyl carbamates (subject to hydrolysis) is 1. The van der Waals surface area contributed by atoms with Crippen LogP contribution in [0.1, 0.15) is 44.4 Å². The maximum atomic E-state index is 14.0. The molecule has 206 valence electrons. The van der Waals surface area contributed by atoms with Crippen LogP contribution < -0.4 is 15.4 Å². The third-order valence-corrected chi connectivity index (χ3v) is 6.13. The number of hydrogen-bond acceptors (Lipinski definition) is 6. The first kappa shape index (κ1) is 30.8. The molecule has 0 aromatic heterocycles. The van der Waals surface area contributed by atoms with E-state index in [4.69, 9.17) is 9.47 Å². The minimum Gasteiger partial charge on any atom is -0.497 e. The fourth-order valence-electron chi connectivity index (χ4n) is 3.80. The second-order valence-corrected chi connectivity index (χ2v) is 10.8. The number of thioether (sulfide) groups is 1. The molecule has 0 aliphatic carbocycles. The van der Waals surface area contributed by atoms with Gasteiger partial charge in [0.15, 0.2) is 0 Å². The van der Waals surface area contributed by atoms with E-state index >= 15 is 0 Å². The van der Waals surface area contributed by atoms with Crippen LogP contribution in [-0.2, 0) is 14.3 Å². The Kier molecular flexibility index (Phi) is 11.7. The molecule has 0 spiro atoms. The molecule has 0 heterocycles. The molecule has 2 rings (SSSR count). The lowest BCUT2D eigenvalue weighted by Gasteiger charge is -2.34. The number of anilines is 1. The van der Waals surface area contributed by atoms with E-state index in [-0.39, 0.29) is 6.54 Å². The average molecular weight is 542 g/mol. The zero-order valence-corrected chi connectivity index (χ0v) is 23.9. The van der Waals surface area contributed by atoms with Gasteiger partial charge in [-0.1, -0.05) is 35.9 Å². The van der Waals surface area contributed by atoms with Crippen molar-refractivity contribution in [3.63, 3.8) is 0 Å². The summed E-state index contributed by atoms with van der Waals surface area (Å²) in [5.74, 6) is 0.492. The first-order valence-corrected chi connectivity index (χ1v) is 13.8. The van der Waals surface area contributed by atoms with Crippen molar-refractivity contribution in [1.29, 1.82) is 0 Å². The summed E-state index contributed by atoms with van der Waals surface area (Å²) in [4.78, 5) is 41.8. The normalized spacial score (nSPS) is 12.6. The molecule has 38 heavy (non-hydrogen) atoms. The van der Waals surface area contributed by atoms with Gasteiger partial charge in [0.2, 0.25) is 5.91 Å². The van der Waals surface area contributed by atoms with Gasteiger partial charge in [0, 0.05) is 12.2 Å². The Bertz CT molecular complexity index is 1100. The highest BCUT2D eigenvalue weighted by Gasteiger charge is 2.35. The van der Waals surface area contributed by atoms with Gasteiger partial charge in [-0.25, -0.2) is 4.79 Å². The van der Waals surface area contributed by atoms with E-state index in [9.17, 15) is 14.4 Å². The third kappa shape index (κ3) is 9.45. The molecule has 0 radical (unpaired) electrons. The number of nitrogens with one attached hydrogen (secondary N) is 2. The summed E-state index contributed by atoms with van der Waals surface area (Å²) in [6, 6.07) is 12.5. The molecule has 2 aromatic carbocycles. The van der Waals surface area contributed by atoms with Crippen molar-refractivity contribution < 1.29 is 23.9 Å². The molecule has 0 fully saturated rings. The van der Waals surface area contributed by atoms with E-state index in [1.807, 2.05) is 37.4 Å². The molecule has 9 heteroatoms. The van der Waals surface area contributed by atoms with Gasteiger partial charge in [-0.05, 0) is 76.0 Å². The van der Waals surface area contributed by atoms with Crippen molar-refractivity contribution in [1.82, 2.24) is 10.2 Å². The van der Waals surface area contributed by atoms with Crippen molar-refractivity contribution in [2.45, 2.75) is 51.8 Å². The van der Waals surface area contributed by atoms with E-state index in [1.165, 1.54) is 4.90 Å². The fourth-order valence-corrected chi connectivity index (χ4v) is 4.27. The summed E-state index contributed by atoms with van der Waals surface area (Å²) < 4.78 is 10.6. The summed E-state index contributed by atoms with van der Waals surface area (Å²) in [6.07, 6.45) is 3.17. The third-order valence-electron chi connectivity index (χ3n) is 5.48. The quantitative estimate of drug-likeness (QED) is 0.352. The van der Waals surface area contributed by atoms with Crippen LogP contribution in [0.4, 0.5) is 10.5 Å². The van der Waals surface area contributed by atoms with Crippen LogP contribution in [0.2, 0.25) is 0 Å². The molecule has 0 saturated carbocycles. The monoisotopic (exact) mass is 541 g/mol. The second kappa shape index (κ2) is 14.5. The van der Waals surface area contributed by atoms with Crippen molar-refractivity contribution in [3.05, 3.63) is 72.3 Å². The van der Waals surface area contributed by atoms with Crippen molar-refractivity contribution in [3.8, 4) is 5.75 Å². The van der Waals surface area contributed by atoms with Crippen LogP contribution in [-0.4, -0.2) is 60.1 Å². The van der Waals surface area contributed by atoms with E-state index in [0.29, 0.717) is 29.2 Å². The summed E-state index contributed by atoms with van der Waals surface area (Å²) in [6.45, 7) is 11.1. The van der Waals surface area contributed by atoms with Crippen molar-refractivity contribution >= 4 is 35.4 Å². The van der Waals surface area contributed by atoms with Gasteiger partial charge in [0.05, 0.1) is 7.11 Å². The molecule has 3 amide bonds. The number of nitrogens with zero attached hydrogens (tertiary/aromatic N) is 1. The van der Waals surface area contributed by atoms with Gasteiger partial charge in [0.25, 0.3) is 5.91 Å². The zero-order chi connectivity index (χ0) is 28.3. The average Bonchev–Trinajstić information content (AvgIpc) is 2.85. The lowest BCUT2D eigenvalue weighted by molar-refractivity contribution is -0.140. The number of amides is 3. The van der Waals surface area contributed by atoms with Crippen molar-refractivity contribution in [2.24, 2.45) is 0 Å². The van der Waals surface area contributed by atoms with Gasteiger partial charge in [-0.2, -0.15) is 11.8 Å². The van der Waals surface area contributed by atoms with E-state index in [1.54, 1.807) is 70.0 Å². The minimum absolute atomic E-state index is 0.0965. The van der Waals surface area contributed by atoms with E-state index in [0.717, 1.165) is 5.56 Å². The lowest BCUT2D eigenvalue weighted by atomic mass is 10.0. The van der Waals surface area contributed by atoms with Crippen LogP contribution >= 0.6 is 11.8 Å². The maximum absolute atomic E-state index is 14.0. The molecule has 2 N–H and O–H groups in total. The molecule has 0 aliphatic rings. The summed E-state index contributed by atoms with van der Waals surface area (Å²) in [5.41, 5.74) is 1.43. The second-order valence-electron chi connectivity index (χ2n) is 9.79. The predicted octanol–water partition coefficient (Wildman–Crippen LogP) is 5.34. The number of carbonyl (C=O) groups is 3. The van der Waals surface area contributed by atoms with Crippen molar-refractivity contribution in [2.75, 3.05) is 31.0 Å². The Morgan fingerprint density at radius 3 is 2.37 bits per heavy atom. The number of hydrogen-bond donors (Lipinski definition) is 2. The Labute approximate surface area is 230 Å². The van der Waals surface area contributed by atoms with Gasteiger partial charge in [-0.3, -0.25) is 9.59 Å². The fraction of sp³-hybridized carbons (Fsp3) is 0.414. The number of rotatable bonds is 12. The molecule has 8 nitrogen and oxygen atoms in total. The number of carbonyl (C=O) groups excluding carboxylic acids is 3. The molecular formula is C29H39N3O5S. The molecule has 2 atom stereocenters. The molecule has 0 saturated heterocycles. The zero-order valence-electron chi connectivity index (χ0n) is 23.1. The number of ether oxygens (including phenoxy) is 2. The Morgan fingerprint density at radius 2 is 1.82 bits per heavy atom. The highest BCUT2D eigenvalue weighted by Crippen LogP contribution is 2.26. The van der Waals surface area contributed by atoms with Crippen LogP contribution in [0.5, 0.6) is 5.75 Å². The highest BCUT2D eigenvalue weighted by atomic mass is 32.2. The van der Waals surface area contributed by atoms with Gasteiger partial charge in [-0.15, -0.1) is 6.58 Å². The van der Waals surface area contributed by atoms with Crippen LogP contribution in [0, 0.1) is 6.92 Å². The topological polar surface area (TPSA) is 97.0 Å². The smallest absolute Gasteiger partial charge is 0.408 e. The number of methoxy groups -OCH3 is 1. The van der Waals surface area contributed by atoms with Gasteiger partial charge < -0.3 is 25.0 Å². The van der Waals surface area contributed by atoms with E-state index < -0.39 is 35.6 Å². The SMILES string of the molecule is C=CCN(C(=O)C(CCSC)NC(=O)OC(C)(C)C)C(C(=O)Nc1ccc(OC)cc1)c1cccc(C)c1. The summed E-state index contributed by atoms with van der Waals surface area (Å²) >= 11 is 1.56. The molecule has 0 aliphatic heterocycles. The summed E-state index contributed by atoms with van der Waals surface area (Å²) in [5, 5.41) is 5.64. The van der Waals surface area contributed by atoms with E-state index in [2.05, 4.69) is 17.2 Å². The molecular weight excluding hydrogens is 502 g/mol. The number of benzene rings is 2. The predicted molar refractivity (Wildman–Crippen MR) is 154 cm³/mol. The Balaban J connectivity index is 2.46. The molecule has 2 unspecified atom stereocenters. The first-order chi connectivity index (χ1) is 18.0.